The fourth-order valence-corrected chi connectivity index (χ4v) is 3.93. The van der Waals surface area contributed by atoms with Crippen molar-refractivity contribution in [2.45, 2.75) is 51.5 Å². The highest BCUT2D eigenvalue weighted by Gasteiger charge is 2.20. The zero-order valence-electron chi connectivity index (χ0n) is 13.4. The van der Waals surface area contributed by atoms with Crippen molar-refractivity contribution in [3.05, 3.63) is 47.5 Å². The topological polar surface area (TPSA) is 12.0 Å². The summed E-state index contributed by atoms with van der Waals surface area (Å²) < 4.78 is 0. The maximum atomic E-state index is 3.58. The number of hydrogen-bond acceptors (Lipinski definition) is 1. The normalized spacial score (nSPS) is 18.0. The Morgan fingerprint density at radius 3 is 2.43 bits per heavy atom. The average Bonchev–Trinajstić information content (AvgIpc) is 2.55. The highest BCUT2D eigenvalue weighted by atomic mass is 14.9. The molecule has 1 N–H and O–H groups in total. The van der Waals surface area contributed by atoms with Crippen LogP contribution >= 0.6 is 0 Å². The van der Waals surface area contributed by atoms with Crippen molar-refractivity contribution in [2.75, 3.05) is 7.05 Å². The first kappa shape index (κ1) is 14.6. The zero-order valence-corrected chi connectivity index (χ0v) is 13.4. The van der Waals surface area contributed by atoms with Crippen LogP contribution < -0.4 is 5.32 Å². The molecular weight excluding hydrogens is 254 g/mol. The van der Waals surface area contributed by atoms with E-state index in [0.717, 1.165) is 5.92 Å². The first-order valence-electron chi connectivity index (χ1n) is 8.45. The smallest absolute Gasteiger partial charge is 0.0326 e. The van der Waals surface area contributed by atoms with Crippen LogP contribution in [0, 0.1) is 12.8 Å². The Balaban J connectivity index is 1.91. The minimum atomic E-state index is 0.485. The average molecular weight is 281 g/mol. The fraction of sp³-hybridized carbons (Fsp3) is 0.500. The van der Waals surface area contributed by atoms with Crippen molar-refractivity contribution >= 4 is 10.8 Å². The molecule has 2 aromatic rings. The molecule has 0 heterocycles. The highest BCUT2D eigenvalue weighted by molar-refractivity contribution is 5.88. The third kappa shape index (κ3) is 3.13. The van der Waals surface area contributed by atoms with Crippen LogP contribution in [0.3, 0.4) is 0 Å². The van der Waals surface area contributed by atoms with Crippen molar-refractivity contribution in [3.63, 3.8) is 0 Å². The number of benzene rings is 2. The van der Waals surface area contributed by atoms with Crippen LogP contribution in [-0.2, 0) is 0 Å². The van der Waals surface area contributed by atoms with E-state index in [0.29, 0.717) is 6.04 Å². The Morgan fingerprint density at radius 2 is 1.71 bits per heavy atom. The molecule has 0 aliphatic heterocycles. The summed E-state index contributed by atoms with van der Waals surface area (Å²) in [7, 11) is 2.11. The van der Waals surface area contributed by atoms with E-state index in [1.54, 1.807) is 0 Å². The third-order valence-corrected chi connectivity index (χ3v) is 5.19. The SMILES string of the molecule is CNC(CC1CCCCC1)c1ccc(C)c2ccccc12. The van der Waals surface area contributed by atoms with Crippen molar-refractivity contribution in [3.8, 4) is 0 Å². The van der Waals surface area contributed by atoms with Gasteiger partial charge >= 0.3 is 0 Å². The van der Waals surface area contributed by atoms with Gasteiger partial charge in [0.15, 0.2) is 0 Å². The van der Waals surface area contributed by atoms with Gasteiger partial charge in [0, 0.05) is 6.04 Å². The number of hydrogen-bond donors (Lipinski definition) is 1. The standard InChI is InChI=1S/C20H27N/c1-15-12-13-19(18-11-7-6-10-17(15)18)20(21-2)14-16-8-4-3-5-9-16/h6-7,10-13,16,20-21H,3-5,8-9,14H2,1-2H3. The Bertz CT molecular complexity index is 596. The predicted octanol–water partition coefficient (Wildman–Crippen LogP) is 5.38. The molecule has 1 atom stereocenters. The molecule has 0 amide bonds. The molecule has 0 aromatic heterocycles. The highest BCUT2D eigenvalue weighted by Crippen LogP contribution is 2.34. The summed E-state index contributed by atoms with van der Waals surface area (Å²) in [4.78, 5) is 0. The van der Waals surface area contributed by atoms with Crippen molar-refractivity contribution in [2.24, 2.45) is 5.92 Å². The molecule has 0 bridgehead atoms. The van der Waals surface area contributed by atoms with E-state index in [1.165, 1.54) is 60.4 Å². The van der Waals surface area contributed by atoms with Gasteiger partial charge in [-0.05, 0) is 48.2 Å². The van der Waals surface area contributed by atoms with Crippen LogP contribution in [-0.4, -0.2) is 7.05 Å². The van der Waals surface area contributed by atoms with E-state index in [9.17, 15) is 0 Å². The molecule has 1 saturated carbocycles. The molecule has 1 aliphatic rings. The summed E-state index contributed by atoms with van der Waals surface area (Å²) in [6.45, 7) is 2.21. The minimum Gasteiger partial charge on any atom is -0.313 e. The van der Waals surface area contributed by atoms with E-state index >= 15 is 0 Å². The Kier molecular flexibility index (Phi) is 4.60. The van der Waals surface area contributed by atoms with Crippen molar-refractivity contribution < 1.29 is 0 Å². The molecule has 0 radical (unpaired) electrons. The molecule has 3 rings (SSSR count). The second kappa shape index (κ2) is 6.62. The maximum Gasteiger partial charge on any atom is 0.0326 e. The van der Waals surface area contributed by atoms with Crippen molar-refractivity contribution in [1.29, 1.82) is 0 Å². The summed E-state index contributed by atoms with van der Waals surface area (Å²) in [5.41, 5.74) is 2.85. The van der Waals surface area contributed by atoms with Gasteiger partial charge in [-0.1, -0.05) is 68.5 Å². The molecule has 1 nitrogen and oxygen atoms in total. The number of fused-ring (bicyclic) bond motifs is 1. The lowest BCUT2D eigenvalue weighted by molar-refractivity contribution is 0.306. The fourth-order valence-electron chi connectivity index (χ4n) is 3.93. The van der Waals surface area contributed by atoms with Crippen LogP contribution in [0.15, 0.2) is 36.4 Å². The van der Waals surface area contributed by atoms with Gasteiger partial charge in [-0.3, -0.25) is 0 Å². The van der Waals surface area contributed by atoms with Crippen LogP contribution in [0.1, 0.15) is 55.7 Å². The van der Waals surface area contributed by atoms with Gasteiger partial charge in [-0.25, -0.2) is 0 Å². The van der Waals surface area contributed by atoms with Crippen molar-refractivity contribution in [1.82, 2.24) is 5.32 Å². The van der Waals surface area contributed by atoms with Gasteiger partial charge in [0.1, 0.15) is 0 Å². The maximum absolute atomic E-state index is 3.58. The molecular formula is C20H27N. The first-order valence-corrected chi connectivity index (χ1v) is 8.45. The second-order valence-corrected chi connectivity index (χ2v) is 6.60. The Morgan fingerprint density at radius 1 is 1.00 bits per heavy atom. The molecule has 0 spiro atoms. The van der Waals surface area contributed by atoms with Gasteiger partial charge in [0.2, 0.25) is 0 Å². The van der Waals surface area contributed by atoms with Gasteiger partial charge in [0.25, 0.3) is 0 Å². The molecule has 112 valence electrons. The Hall–Kier alpha value is -1.34. The van der Waals surface area contributed by atoms with Gasteiger partial charge in [-0.15, -0.1) is 0 Å². The van der Waals surface area contributed by atoms with Gasteiger partial charge in [0.05, 0.1) is 0 Å². The Labute approximate surface area is 128 Å². The largest absolute Gasteiger partial charge is 0.313 e. The first-order chi connectivity index (χ1) is 10.3. The van der Waals surface area contributed by atoms with Crippen LogP contribution in [0.4, 0.5) is 0 Å². The minimum absolute atomic E-state index is 0.485. The third-order valence-electron chi connectivity index (χ3n) is 5.19. The lowest BCUT2D eigenvalue weighted by Crippen LogP contribution is -2.21. The number of rotatable bonds is 4. The molecule has 1 heteroatoms. The summed E-state index contributed by atoms with van der Waals surface area (Å²) in [5.74, 6) is 0.899. The predicted molar refractivity (Wildman–Crippen MR) is 91.7 cm³/mol. The quantitative estimate of drug-likeness (QED) is 0.793. The van der Waals surface area contributed by atoms with Gasteiger partial charge < -0.3 is 5.32 Å². The zero-order chi connectivity index (χ0) is 14.7. The monoisotopic (exact) mass is 281 g/mol. The van der Waals surface area contributed by atoms with E-state index in [2.05, 4.69) is 55.7 Å². The molecule has 1 fully saturated rings. The molecule has 0 saturated heterocycles. The van der Waals surface area contributed by atoms with E-state index < -0.39 is 0 Å². The summed E-state index contributed by atoms with van der Waals surface area (Å²) in [6, 6.07) is 13.9. The van der Waals surface area contributed by atoms with E-state index in [-0.39, 0.29) is 0 Å². The van der Waals surface area contributed by atoms with Crippen LogP contribution in [0.5, 0.6) is 0 Å². The molecule has 1 aliphatic carbocycles. The summed E-state index contributed by atoms with van der Waals surface area (Å²) >= 11 is 0. The van der Waals surface area contributed by atoms with E-state index in [4.69, 9.17) is 0 Å². The molecule has 2 aromatic carbocycles. The number of nitrogens with one attached hydrogen (secondary N) is 1. The van der Waals surface area contributed by atoms with Gasteiger partial charge in [-0.2, -0.15) is 0 Å². The summed E-state index contributed by atoms with van der Waals surface area (Å²) in [6.07, 6.45) is 8.41. The lowest BCUT2D eigenvalue weighted by atomic mass is 9.82. The lowest BCUT2D eigenvalue weighted by Gasteiger charge is -2.27. The van der Waals surface area contributed by atoms with Crippen LogP contribution in [0.25, 0.3) is 10.8 Å². The number of aryl methyl sites for hydroxylation is 1. The molecule has 21 heavy (non-hydrogen) atoms. The molecule has 1 unspecified atom stereocenters. The van der Waals surface area contributed by atoms with Crippen LogP contribution in [0.2, 0.25) is 0 Å². The second-order valence-electron chi connectivity index (χ2n) is 6.60. The summed E-state index contributed by atoms with van der Waals surface area (Å²) in [5, 5.41) is 6.40. The van der Waals surface area contributed by atoms with E-state index in [1.807, 2.05) is 0 Å².